The van der Waals surface area contributed by atoms with Gasteiger partial charge in [-0.05, 0) is 44.7 Å². The Kier molecular flexibility index (Phi) is 5.33. The van der Waals surface area contributed by atoms with Gasteiger partial charge in [0.15, 0.2) is 0 Å². The Balaban J connectivity index is 2.14. The monoisotopic (exact) mass is 291 g/mol. The molecule has 0 aliphatic carbocycles. The molecule has 0 saturated carbocycles. The van der Waals surface area contributed by atoms with Gasteiger partial charge < -0.3 is 10.1 Å². The van der Waals surface area contributed by atoms with Gasteiger partial charge in [-0.15, -0.1) is 0 Å². The van der Waals surface area contributed by atoms with Crippen molar-refractivity contribution < 1.29 is 9.13 Å². The molecule has 1 N–H and O–H groups in total. The zero-order valence-electron chi connectivity index (χ0n) is 12.8. The topological polar surface area (TPSA) is 39.1 Å². The molecule has 5 heteroatoms. The van der Waals surface area contributed by atoms with Crippen LogP contribution in [-0.4, -0.2) is 16.8 Å². The van der Waals surface area contributed by atoms with Gasteiger partial charge in [0.2, 0.25) is 0 Å². The van der Waals surface area contributed by atoms with E-state index in [1.165, 1.54) is 12.1 Å². The van der Waals surface area contributed by atoms with Crippen LogP contribution in [0.1, 0.15) is 30.8 Å². The summed E-state index contributed by atoms with van der Waals surface area (Å²) in [6, 6.07) is 6.66. The van der Waals surface area contributed by atoms with Gasteiger partial charge in [-0.25, -0.2) is 4.39 Å². The van der Waals surface area contributed by atoms with Gasteiger partial charge in [0.05, 0.1) is 11.4 Å². The molecule has 0 unspecified atom stereocenters. The van der Waals surface area contributed by atoms with Crippen molar-refractivity contribution in [3.8, 4) is 5.75 Å². The minimum absolute atomic E-state index is 0.250. The summed E-state index contributed by atoms with van der Waals surface area (Å²) in [5, 5.41) is 7.52. The molecule has 2 aromatic rings. The van der Waals surface area contributed by atoms with E-state index in [2.05, 4.69) is 30.3 Å². The lowest BCUT2D eigenvalue weighted by Gasteiger charge is -2.12. The fourth-order valence-electron chi connectivity index (χ4n) is 2.25. The Hall–Kier alpha value is -1.88. The van der Waals surface area contributed by atoms with Crippen molar-refractivity contribution in [3.63, 3.8) is 0 Å². The molecular formula is C16H22FN3O. The quantitative estimate of drug-likeness (QED) is 0.852. The molecule has 0 aliphatic heterocycles. The number of ether oxygens (including phenoxy) is 1. The van der Waals surface area contributed by atoms with Crippen LogP contribution in [-0.2, 0) is 26.1 Å². The van der Waals surface area contributed by atoms with E-state index in [4.69, 9.17) is 4.74 Å². The van der Waals surface area contributed by atoms with Crippen LogP contribution in [0.25, 0.3) is 0 Å². The van der Waals surface area contributed by atoms with Crippen LogP contribution < -0.4 is 10.1 Å². The number of halogens is 1. The summed E-state index contributed by atoms with van der Waals surface area (Å²) in [6.45, 7) is 5.95. The molecule has 0 bridgehead atoms. The normalized spacial score (nSPS) is 10.9. The highest BCUT2D eigenvalue weighted by Gasteiger charge is 2.09. The lowest BCUT2D eigenvalue weighted by Crippen LogP contribution is -2.10. The number of rotatable bonds is 7. The summed E-state index contributed by atoms with van der Waals surface area (Å²) >= 11 is 0. The predicted molar refractivity (Wildman–Crippen MR) is 80.8 cm³/mol. The molecule has 1 heterocycles. The Bertz CT molecular complexity index is 595. The van der Waals surface area contributed by atoms with E-state index < -0.39 is 0 Å². The Labute approximate surface area is 124 Å². The van der Waals surface area contributed by atoms with E-state index in [1.54, 1.807) is 6.07 Å². The third-order valence-corrected chi connectivity index (χ3v) is 3.34. The van der Waals surface area contributed by atoms with E-state index >= 15 is 0 Å². The van der Waals surface area contributed by atoms with Gasteiger partial charge in [-0.1, -0.05) is 6.92 Å². The molecule has 0 spiro atoms. The number of hydrogen-bond donors (Lipinski definition) is 1. The molecule has 1 aromatic carbocycles. The summed E-state index contributed by atoms with van der Waals surface area (Å²) < 4.78 is 21.1. The Morgan fingerprint density at radius 3 is 2.76 bits per heavy atom. The second-order valence-electron chi connectivity index (χ2n) is 4.87. The average Bonchev–Trinajstić information content (AvgIpc) is 2.89. The second kappa shape index (κ2) is 7.22. The molecule has 0 atom stereocenters. The molecule has 0 fully saturated rings. The fraction of sp³-hybridized carbons (Fsp3) is 0.438. The molecule has 21 heavy (non-hydrogen) atoms. The van der Waals surface area contributed by atoms with Crippen LogP contribution in [0.5, 0.6) is 5.75 Å². The number of nitrogens with one attached hydrogen (secondary N) is 1. The highest BCUT2D eigenvalue weighted by Crippen LogP contribution is 2.21. The molecule has 0 amide bonds. The van der Waals surface area contributed by atoms with Gasteiger partial charge in [-0.3, -0.25) is 4.68 Å². The van der Waals surface area contributed by atoms with Gasteiger partial charge in [0, 0.05) is 18.7 Å². The van der Waals surface area contributed by atoms with Crippen LogP contribution in [0.4, 0.5) is 4.39 Å². The van der Waals surface area contributed by atoms with Gasteiger partial charge >= 0.3 is 0 Å². The molecule has 4 nitrogen and oxygen atoms in total. The van der Waals surface area contributed by atoms with Gasteiger partial charge in [0.1, 0.15) is 18.2 Å². The zero-order valence-corrected chi connectivity index (χ0v) is 12.8. The lowest BCUT2D eigenvalue weighted by atomic mass is 10.2. The van der Waals surface area contributed by atoms with Crippen molar-refractivity contribution in [3.05, 3.63) is 47.0 Å². The largest absolute Gasteiger partial charge is 0.487 e. The molecular weight excluding hydrogens is 269 g/mol. The van der Waals surface area contributed by atoms with Crippen molar-refractivity contribution in [1.29, 1.82) is 0 Å². The first-order chi connectivity index (χ1) is 10.2. The van der Waals surface area contributed by atoms with Gasteiger partial charge in [0.25, 0.3) is 0 Å². The summed E-state index contributed by atoms with van der Waals surface area (Å²) in [5.41, 5.74) is 2.91. The minimum Gasteiger partial charge on any atom is -0.487 e. The second-order valence-corrected chi connectivity index (χ2v) is 4.87. The minimum atomic E-state index is -0.250. The number of hydrogen-bond acceptors (Lipinski definition) is 3. The molecule has 0 radical (unpaired) electrons. The van der Waals surface area contributed by atoms with Crippen molar-refractivity contribution in [2.45, 2.75) is 40.0 Å². The average molecular weight is 291 g/mol. The summed E-state index contributed by atoms with van der Waals surface area (Å²) in [6.07, 6.45) is 0.904. The number of aryl methyl sites for hydroxylation is 2. The van der Waals surface area contributed by atoms with E-state index in [1.807, 2.05) is 11.7 Å². The number of aromatic nitrogens is 2. The summed E-state index contributed by atoms with van der Waals surface area (Å²) in [5.74, 6) is 0.451. The third-order valence-electron chi connectivity index (χ3n) is 3.34. The van der Waals surface area contributed by atoms with Crippen molar-refractivity contribution in [2.24, 2.45) is 0 Å². The van der Waals surface area contributed by atoms with Gasteiger partial charge in [-0.2, -0.15) is 5.10 Å². The molecule has 114 valence electrons. The maximum absolute atomic E-state index is 13.3. The first-order valence-electron chi connectivity index (χ1n) is 7.29. The summed E-state index contributed by atoms with van der Waals surface area (Å²) in [7, 11) is 1.83. The van der Waals surface area contributed by atoms with E-state index in [-0.39, 0.29) is 5.82 Å². The molecule has 0 saturated heterocycles. The summed E-state index contributed by atoms with van der Waals surface area (Å²) in [4.78, 5) is 0. The molecule has 1 aromatic heterocycles. The van der Waals surface area contributed by atoms with Crippen LogP contribution in [0.2, 0.25) is 0 Å². The smallest absolute Gasteiger partial charge is 0.130 e. The zero-order chi connectivity index (χ0) is 15.2. The first kappa shape index (κ1) is 15.5. The van der Waals surface area contributed by atoms with Crippen LogP contribution >= 0.6 is 0 Å². The van der Waals surface area contributed by atoms with E-state index in [0.29, 0.717) is 18.9 Å². The van der Waals surface area contributed by atoms with E-state index in [0.717, 1.165) is 29.9 Å². The lowest BCUT2D eigenvalue weighted by molar-refractivity contribution is 0.288. The maximum Gasteiger partial charge on any atom is 0.130 e. The number of benzene rings is 1. The van der Waals surface area contributed by atoms with Crippen molar-refractivity contribution >= 4 is 0 Å². The Morgan fingerprint density at radius 2 is 2.10 bits per heavy atom. The highest BCUT2D eigenvalue weighted by atomic mass is 19.1. The van der Waals surface area contributed by atoms with Crippen LogP contribution in [0.3, 0.4) is 0 Å². The molecule has 2 rings (SSSR count). The Morgan fingerprint density at radius 1 is 1.29 bits per heavy atom. The standard InChI is InChI=1S/C16H22FN3O/c1-4-14-9-15(20(5-2)19-14)11-21-16-7-6-13(17)8-12(16)10-18-3/h6-9,18H,4-5,10-11H2,1-3H3. The SMILES string of the molecule is CCc1cc(COc2ccc(F)cc2CNC)n(CC)n1. The maximum atomic E-state index is 13.3. The molecule has 0 aliphatic rings. The van der Waals surface area contributed by atoms with Crippen molar-refractivity contribution in [2.75, 3.05) is 7.05 Å². The third kappa shape index (κ3) is 3.82. The number of nitrogens with zero attached hydrogens (tertiary/aromatic N) is 2. The van der Waals surface area contributed by atoms with Crippen LogP contribution in [0, 0.1) is 5.82 Å². The van der Waals surface area contributed by atoms with Crippen molar-refractivity contribution in [1.82, 2.24) is 15.1 Å². The van der Waals surface area contributed by atoms with Crippen LogP contribution in [0.15, 0.2) is 24.3 Å². The van der Waals surface area contributed by atoms with E-state index in [9.17, 15) is 4.39 Å². The highest BCUT2D eigenvalue weighted by molar-refractivity contribution is 5.34. The first-order valence-corrected chi connectivity index (χ1v) is 7.29. The fourth-order valence-corrected chi connectivity index (χ4v) is 2.25. The predicted octanol–water partition coefficient (Wildman–Crippen LogP) is 2.90.